The van der Waals surface area contributed by atoms with Gasteiger partial charge in [-0.1, -0.05) is 16.8 Å². The first-order chi connectivity index (χ1) is 11.5. The van der Waals surface area contributed by atoms with Gasteiger partial charge in [0.1, 0.15) is 11.6 Å². The van der Waals surface area contributed by atoms with Gasteiger partial charge in [0.15, 0.2) is 0 Å². The molecule has 0 bridgehead atoms. The molecule has 128 valence electrons. The number of benzene rings is 1. The first kappa shape index (κ1) is 18.1. The van der Waals surface area contributed by atoms with Crippen molar-refractivity contribution in [3.05, 3.63) is 29.3 Å². The SMILES string of the molecule is O=C(CCC(=O)Nc1ccc(Cl)cc1)CC(=O)[C@H]1CCC/C1=N\O. The second-order valence-corrected chi connectivity index (χ2v) is 6.21. The minimum absolute atomic E-state index is 0.00346. The van der Waals surface area contributed by atoms with E-state index in [1.807, 2.05) is 0 Å². The van der Waals surface area contributed by atoms with Crippen LogP contribution in [0.25, 0.3) is 0 Å². The van der Waals surface area contributed by atoms with Crippen molar-refractivity contribution in [1.82, 2.24) is 0 Å². The Kier molecular flexibility index (Phi) is 6.49. The fourth-order valence-corrected chi connectivity index (χ4v) is 2.84. The predicted octanol–water partition coefficient (Wildman–Crippen LogP) is 3.22. The molecule has 1 aliphatic carbocycles. The lowest BCUT2D eigenvalue weighted by Gasteiger charge is -2.08. The predicted molar refractivity (Wildman–Crippen MR) is 90.5 cm³/mol. The monoisotopic (exact) mass is 350 g/mol. The van der Waals surface area contributed by atoms with Gasteiger partial charge in [0.25, 0.3) is 0 Å². The fraction of sp³-hybridized carbons (Fsp3) is 0.412. The summed E-state index contributed by atoms with van der Waals surface area (Å²) in [4.78, 5) is 35.8. The smallest absolute Gasteiger partial charge is 0.224 e. The standard InChI is InChI=1S/C17H19ClN2O4/c18-11-4-6-12(7-5-11)19-17(23)9-8-13(21)10-16(22)14-2-1-3-15(14)20-24/h4-7,14,24H,1-3,8-10H2,(H,19,23)/b20-15+/t14-/m0/s1. The highest BCUT2D eigenvalue weighted by molar-refractivity contribution is 6.30. The zero-order valence-corrected chi connectivity index (χ0v) is 13.9. The Balaban J connectivity index is 1.75. The van der Waals surface area contributed by atoms with Gasteiger partial charge in [-0.25, -0.2) is 0 Å². The number of halogens is 1. The molecule has 2 N–H and O–H groups in total. The number of hydrogen-bond acceptors (Lipinski definition) is 5. The molecule has 0 unspecified atom stereocenters. The molecular formula is C17H19ClN2O4. The summed E-state index contributed by atoms with van der Waals surface area (Å²) in [6, 6.07) is 6.65. The van der Waals surface area contributed by atoms with Crippen LogP contribution in [0.3, 0.4) is 0 Å². The van der Waals surface area contributed by atoms with Crippen LogP contribution in [0, 0.1) is 5.92 Å². The molecular weight excluding hydrogens is 332 g/mol. The van der Waals surface area contributed by atoms with Crippen molar-refractivity contribution in [2.45, 2.75) is 38.5 Å². The Bertz CT molecular complexity index is 655. The van der Waals surface area contributed by atoms with E-state index in [9.17, 15) is 14.4 Å². The maximum atomic E-state index is 12.1. The second-order valence-electron chi connectivity index (χ2n) is 5.77. The van der Waals surface area contributed by atoms with Crippen molar-refractivity contribution >= 4 is 40.5 Å². The van der Waals surface area contributed by atoms with E-state index in [1.165, 1.54) is 0 Å². The summed E-state index contributed by atoms with van der Waals surface area (Å²) in [5.41, 5.74) is 1.05. The van der Waals surface area contributed by atoms with E-state index in [4.69, 9.17) is 16.8 Å². The Labute approximate surface area is 144 Å². The topological polar surface area (TPSA) is 95.8 Å². The highest BCUT2D eigenvalue weighted by Gasteiger charge is 2.30. The van der Waals surface area contributed by atoms with Crippen LogP contribution in [-0.4, -0.2) is 28.4 Å². The van der Waals surface area contributed by atoms with Gasteiger partial charge >= 0.3 is 0 Å². The van der Waals surface area contributed by atoms with Crippen molar-refractivity contribution in [2.75, 3.05) is 5.32 Å². The zero-order chi connectivity index (χ0) is 17.5. The maximum absolute atomic E-state index is 12.1. The average molecular weight is 351 g/mol. The highest BCUT2D eigenvalue weighted by atomic mass is 35.5. The lowest BCUT2D eigenvalue weighted by Crippen LogP contribution is -2.22. The molecule has 0 aromatic heterocycles. The molecule has 0 aliphatic heterocycles. The Morgan fingerprint density at radius 1 is 1.21 bits per heavy atom. The largest absolute Gasteiger partial charge is 0.411 e. The molecule has 1 amide bonds. The van der Waals surface area contributed by atoms with Crippen molar-refractivity contribution in [2.24, 2.45) is 11.1 Å². The van der Waals surface area contributed by atoms with Gasteiger partial charge in [-0.3, -0.25) is 14.4 Å². The molecule has 24 heavy (non-hydrogen) atoms. The second kappa shape index (κ2) is 8.59. The van der Waals surface area contributed by atoms with Gasteiger partial charge in [0, 0.05) is 23.6 Å². The number of rotatable bonds is 7. The molecule has 0 saturated heterocycles. The number of nitrogens with one attached hydrogen (secondary N) is 1. The number of ketones is 2. The van der Waals surface area contributed by atoms with Gasteiger partial charge in [-0.05, 0) is 43.5 Å². The molecule has 0 heterocycles. The number of oxime groups is 1. The van der Waals surface area contributed by atoms with Crippen LogP contribution in [0.4, 0.5) is 5.69 Å². The quantitative estimate of drug-likeness (QED) is 0.448. The Hall–Kier alpha value is -2.21. The molecule has 1 aromatic rings. The van der Waals surface area contributed by atoms with Gasteiger partial charge in [0.2, 0.25) is 5.91 Å². The molecule has 1 saturated carbocycles. The molecule has 1 fully saturated rings. The van der Waals surface area contributed by atoms with Crippen LogP contribution >= 0.6 is 11.6 Å². The average Bonchev–Trinajstić information content (AvgIpc) is 3.04. The van der Waals surface area contributed by atoms with E-state index in [0.29, 0.717) is 29.3 Å². The van der Waals surface area contributed by atoms with Gasteiger partial charge in [-0.15, -0.1) is 0 Å². The van der Waals surface area contributed by atoms with Gasteiger partial charge < -0.3 is 10.5 Å². The van der Waals surface area contributed by atoms with Crippen LogP contribution < -0.4 is 5.32 Å². The lowest BCUT2D eigenvalue weighted by atomic mass is 9.96. The lowest BCUT2D eigenvalue weighted by molar-refractivity contribution is -0.129. The van der Waals surface area contributed by atoms with E-state index < -0.39 is 5.92 Å². The molecule has 1 aromatic carbocycles. The zero-order valence-electron chi connectivity index (χ0n) is 13.1. The number of nitrogens with zero attached hydrogens (tertiary/aromatic N) is 1. The van der Waals surface area contributed by atoms with Crippen LogP contribution in [0.1, 0.15) is 38.5 Å². The third kappa shape index (κ3) is 5.16. The summed E-state index contributed by atoms with van der Waals surface area (Å²) >= 11 is 5.76. The number of amides is 1. The maximum Gasteiger partial charge on any atom is 0.224 e. The Morgan fingerprint density at radius 2 is 1.92 bits per heavy atom. The first-order valence-corrected chi connectivity index (χ1v) is 8.18. The van der Waals surface area contributed by atoms with Crippen LogP contribution in [-0.2, 0) is 14.4 Å². The number of anilines is 1. The van der Waals surface area contributed by atoms with Gasteiger partial charge in [-0.2, -0.15) is 0 Å². The summed E-state index contributed by atoms with van der Waals surface area (Å²) in [7, 11) is 0. The molecule has 0 radical (unpaired) electrons. The third-order valence-electron chi connectivity index (χ3n) is 3.98. The van der Waals surface area contributed by atoms with Crippen molar-refractivity contribution in [3.8, 4) is 0 Å². The van der Waals surface area contributed by atoms with Crippen molar-refractivity contribution < 1.29 is 19.6 Å². The molecule has 0 spiro atoms. The molecule has 1 aliphatic rings. The van der Waals surface area contributed by atoms with Crippen LogP contribution in [0.15, 0.2) is 29.4 Å². The highest BCUT2D eigenvalue weighted by Crippen LogP contribution is 2.24. The molecule has 6 nitrogen and oxygen atoms in total. The normalized spacial score (nSPS) is 18.5. The van der Waals surface area contributed by atoms with E-state index in [2.05, 4.69) is 10.5 Å². The number of Topliss-reactive ketones (excluding diaryl/α,β-unsaturated/α-hetero) is 2. The van der Waals surface area contributed by atoms with Crippen molar-refractivity contribution in [1.29, 1.82) is 0 Å². The summed E-state index contributed by atoms with van der Waals surface area (Å²) in [6.45, 7) is 0. The number of carbonyl (C=O) groups excluding carboxylic acids is 3. The first-order valence-electron chi connectivity index (χ1n) is 7.80. The third-order valence-corrected chi connectivity index (χ3v) is 4.23. The Morgan fingerprint density at radius 3 is 2.58 bits per heavy atom. The number of hydrogen-bond donors (Lipinski definition) is 2. The molecule has 7 heteroatoms. The van der Waals surface area contributed by atoms with E-state index >= 15 is 0 Å². The summed E-state index contributed by atoms with van der Waals surface area (Å²) in [6.07, 6.45) is 1.78. The van der Waals surface area contributed by atoms with E-state index in [1.54, 1.807) is 24.3 Å². The van der Waals surface area contributed by atoms with Crippen LogP contribution in [0.2, 0.25) is 5.02 Å². The van der Waals surface area contributed by atoms with Crippen LogP contribution in [0.5, 0.6) is 0 Å². The van der Waals surface area contributed by atoms with Gasteiger partial charge in [0.05, 0.1) is 18.1 Å². The molecule has 2 rings (SSSR count). The van der Waals surface area contributed by atoms with Crippen molar-refractivity contribution in [3.63, 3.8) is 0 Å². The number of carbonyl (C=O) groups is 3. The van der Waals surface area contributed by atoms with E-state index in [-0.39, 0.29) is 36.7 Å². The fourth-order valence-electron chi connectivity index (χ4n) is 2.71. The minimum Gasteiger partial charge on any atom is -0.411 e. The summed E-state index contributed by atoms with van der Waals surface area (Å²) < 4.78 is 0. The summed E-state index contributed by atoms with van der Waals surface area (Å²) in [5, 5.41) is 15.2. The minimum atomic E-state index is -0.457. The van der Waals surface area contributed by atoms with E-state index in [0.717, 1.165) is 6.42 Å². The summed E-state index contributed by atoms with van der Waals surface area (Å²) in [5.74, 6) is -1.27. The molecule has 1 atom stereocenters.